The van der Waals surface area contributed by atoms with E-state index in [1.54, 1.807) is 0 Å². The molecule has 0 aromatic rings. The molecule has 0 rings (SSSR count). The Morgan fingerprint density at radius 1 is 1.26 bits per heavy atom. The average molecular weight is 272 g/mol. The highest BCUT2D eigenvalue weighted by Gasteiger charge is 2.23. The van der Waals surface area contributed by atoms with E-state index in [2.05, 4.69) is 4.99 Å². The molecule has 0 radical (unpaired) electrons. The van der Waals surface area contributed by atoms with E-state index in [1.165, 1.54) is 0 Å². The number of guanidine groups is 1. The molecule has 1 atom stereocenters. The maximum atomic E-state index is 11.6. The average Bonchev–Trinajstić information content (AvgIpc) is 2.35. The minimum absolute atomic E-state index is 0.0466. The van der Waals surface area contributed by atoms with E-state index in [0.29, 0.717) is 25.7 Å². The first-order valence-corrected chi connectivity index (χ1v) is 5.70. The van der Waals surface area contributed by atoms with Gasteiger partial charge in [-0.2, -0.15) is 0 Å². The van der Waals surface area contributed by atoms with E-state index in [-0.39, 0.29) is 19.0 Å². The van der Waals surface area contributed by atoms with Crippen LogP contribution in [0.25, 0.3) is 0 Å². The molecule has 0 saturated carbocycles. The topological polar surface area (TPSA) is 171 Å². The summed E-state index contributed by atoms with van der Waals surface area (Å²) in [4.78, 5) is 38.3. The largest absolute Gasteiger partial charge is 0.370 e. The summed E-state index contributed by atoms with van der Waals surface area (Å²) in [7, 11) is 0. The first-order valence-electron chi connectivity index (χ1n) is 5.70. The molecule has 0 aliphatic rings. The lowest BCUT2D eigenvalue weighted by molar-refractivity contribution is -0.138. The van der Waals surface area contributed by atoms with Gasteiger partial charge in [-0.15, -0.1) is 0 Å². The van der Waals surface area contributed by atoms with Crippen molar-refractivity contribution in [1.82, 2.24) is 4.90 Å². The molecule has 0 heterocycles. The molecule has 9 nitrogen and oxygen atoms in total. The highest BCUT2D eigenvalue weighted by atomic mass is 16.2. The molecular weight excluding hydrogens is 252 g/mol. The van der Waals surface area contributed by atoms with Crippen LogP contribution in [0.2, 0.25) is 0 Å². The van der Waals surface area contributed by atoms with E-state index < -0.39 is 17.9 Å². The number of nitrogens with zero attached hydrogens (tertiary/aromatic N) is 2. The minimum Gasteiger partial charge on any atom is -0.370 e. The third-order valence-electron chi connectivity index (χ3n) is 2.33. The number of rotatable bonds is 9. The van der Waals surface area contributed by atoms with Crippen molar-refractivity contribution >= 4 is 24.1 Å². The Kier molecular flexibility index (Phi) is 7.85. The molecule has 9 heteroatoms. The number of hydrogen-bond donors (Lipinski definition) is 4. The fourth-order valence-electron chi connectivity index (χ4n) is 1.48. The molecule has 0 aromatic carbocycles. The molecule has 19 heavy (non-hydrogen) atoms. The van der Waals surface area contributed by atoms with Crippen LogP contribution in [0, 0.1) is 0 Å². The van der Waals surface area contributed by atoms with Crippen LogP contribution in [0.5, 0.6) is 0 Å². The number of carbonyl (C=O) groups excluding carboxylic acids is 3. The van der Waals surface area contributed by atoms with Crippen molar-refractivity contribution in [2.24, 2.45) is 27.9 Å². The fourth-order valence-corrected chi connectivity index (χ4v) is 1.48. The molecule has 0 aliphatic carbocycles. The van der Waals surface area contributed by atoms with Gasteiger partial charge < -0.3 is 32.6 Å². The van der Waals surface area contributed by atoms with Gasteiger partial charge in [0.15, 0.2) is 5.96 Å². The molecule has 0 aliphatic heterocycles. The van der Waals surface area contributed by atoms with Gasteiger partial charge in [-0.1, -0.05) is 0 Å². The summed E-state index contributed by atoms with van der Waals surface area (Å²) in [5.41, 5.74) is 20.6. The predicted molar refractivity (Wildman–Crippen MR) is 69.7 cm³/mol. The maximum Gasteiger partial charge on any atom is 0.237 e. The zero-order valence-corrected chi connectivity index (χ0v) is 10.6. The monoisotopic (exact) mass is 272 g/mol. The third-order valence-corrected chi connectivity index (χ3v) is 2.33. The molecule has 0 saturated heterocycles. The molecule has 0 aromatic heterocycles. The van der Waals surface area contributed by atoms with Crippen LogP contribution in [0.15, 0.2) is 4.99 Å². The Morgan fingerprint density at radius 3 is 2.32 bits per heavy atom. The first kappa shape index (κ1) is 16.8. The first-order chi connectivity index (χ1) is 8.92. The van der Waals surface area contributed by atoms with Crippen LogP contribution in [0.1, 0.15) is 12.8 Å². The lowest BCUT2D eigenvalue weighted by atomic mass is 10.1. The van der Waals surface area contributed by atoms with Crippen LogP contribution in [0.4, 0.5) is 0 Å². The smallest absolute Gasteiger partial charge is 0.237 e. The van der Waals surface area contributed by atoms with Crippen molar-refractivity contribution in [2.45, 2.75) is 18.9 Å². The lowest BCUT2D eigenvalue weighted by Gasteiger charge is -2.26. The molecule has 2 amide bonds. The normalized spacial score (nSPS) is 11.4. The molecule has 0 fully saturated rings. The van der Waals surface area contributed by atoms with Crippen molar-refractivity contribution in [3.05, 3.63) is 0 Å². The summed E-state index contributed by atoms with van der Waals surface area (Å²) in [6.07, 6.45) is 1.37. The van der Waals surface area contributed by atoms with Crippen molar-refractivity contribution in [2.75, 3.05) is 19.6 Å². The predicted octanol–water partition coefficient (Wildman–Crippen LogP) is -3.12. The van der Waals surface area contributed by atoms with Crippen LogP contribution in [0.3, 0.4) is 0 Å². The summed E-state index contributed by atoms with van der Waals surface area (Å²) < 4.78 is 0. The lowest BCUT2D eigenvalue weighted by Crippen LogP contribution is -2.48. The van der Waals surface area contributed by atoms with Gasteiger partial charge in [0.1, 0.15) is 12.8 Å². The number of aliphatic imine (C=N–C) groups is 1. The Bertz CT molecular complexity index is 353. The zero-order chi connectivity index (χ0) is 14.8. The Labute approximate surface area is 111 Å². The second-order valence-corrected chi connectivity index (χ2v) is 3.84. The van der Waals surface area contributed by atoms with Crippen LogP contribution in [-0.4, -0.2) is 54.6 Å². The minimum atomic E-state index is -0.766. The SMILES string of the molecule is NCC(=O)N(CC(N)=O)[C@H](C=O)CCCN=C(N)N. The maximum absolute atomic E-state index is 11.6. The number of nitrogens with two attached hydrogens (primary N) is 4. The summed E-state index contributed by atoms with van der Waals surface area (Å²) in [5.74, 6) is -1.27. The van der Waals surface area contributed by atoms with Gasteiger partial charge in [-0.3, -0.25) is 14.6 Å². The molecule has 108 valence electrons. The van der Waals surface area contributed by atoms with Gasteiger partial charge in [0.05, 0.1) is 12.6 Å². The van der Waals surface area contributed by atoms with E-state index >= 15 is 0 Å². The zero-order valence-electron chi connectivity index (χ0n) is 10.6. The van der Waals surface area contributed by atoms with Crippen molar-refractivity contribution in [1.29, 1.82) is 0 Å². The molecule has 0 unspecified atom stereocenters. The number of aldehydes is 1. The van der Waals surface area contributed by atoms with Gasteiger partial charge >= 0.3 is 0 Å². The summed E-state index contributed by atoms with van der Waals surface area (Å²) in [6.45, 7) is -0.318. The van der Waals surface area contributed by atoms with Crippen molar-refractivity contribution in [3.8, 4) is 0 Å². The Morgan fingerprint density at radius 2 is 1.89 bits per heavy atom. The van der Waals surface area contributed by atoms with Gasteiger partial charge in [-0.05, 0) is 12.8 Å². The van der Waals surface area contributed by atoms with Crippen LogP contribution < -0.4 is 22.9 Å². The summed E-state index contributed by atoms with van der Waals surface area (Å²) >= 11 is 0. The van der Waals surface area contributed by atoms with Crippen molar-refractivity contribution in [3.63, 3.8) is 0 Å². The number of primary amides is 1. The molecule has 8 N–H and O–H groups in total. The molecular formula is C10H20N6O3. The standard InChI is InChI=1S/C10H20N6O3/c11-4-9(19)16(5-8(12)18)7(6-17)2-1-3-15-10(13)14/h6-7H,1-5,11H2,(H2,12,18)(H4,13,14,15)/t7-/m0/s1. The van der Waals surface area contributed by atoms with E-state index in [4.69, 9.17) is 22.9 Å². The third kappa shape index (κ3) is 6.99. The highest BCUT2D eigenvalue weighted by Crippen LogP contribution is 2.05. The van der Waals surface area contributed by atoms with Gasteiger partial charge in [0.2, 0.25) is 11.8 Å². The second kappa shape index (κ2) is 8.86. The molecule has 0 spiro atoms. The summed E-state index contributed by atoms with van der Waals surface area (Å²) in [5, 5.41) is 0. The van der Waals surface area contributed by atoms with Gasteiger partial charge in [0.25, 0.3) is 0 Å². The van der Waals surface area contributed by atoms with Crippen molar-refractivity contribution < 1.29 is 14.4 Å². The number of amides is 2. The number of hydrogen-bond acceptors (Lipinski definition) is 5. The quantitative estimate of drug-likeness (QED) is 0.150. The van der Waals surface area contributed by atoms with E-state index in [0.717, 1.165) is 4.90 Å². The fraction of sp³-hybridized carbons (Fsp3) is 0.600. The Balaban J connectivity index is 4.56. The van der Waals surface area contributed by atoms with E-state index in [1.807, 2.05) is 0 Å². The van der Waals surface area contributed by atoms with Crippen LogP contribution in [-0.2, 0) is 14.4 Å². The molecule has 0 bridgehead atoms. The van der Waals surface area contributed by atoms with Gasteiger partial charge in [-0.25, -0.2) is 0 Å². The second-order valence-electron chi connectivity index (χ2n) is 3.84. The number of carbonyl (C=O) groups is 3. The summed E-state index contributed by atoms with van der Waals surface area (Å²) in [6, 6.07) is -0.766. The highest BCUT2D eigenvalue weighted by molar-refractivity contribution is 5.87. The van der Waals surface area contributed by atoms with Gasteiger partial charge in [0, 0.05) is 6.54 Å². The Hall–Kier alpha value is -2.16. The van der Waals surface area contributed by atoms with Crippen LogP contribution >= 0.6 is 0 Å². The van der Waals surface area contributed by atoms with E-state index in [9.17, 15) is 14.4 Å².